The highest BCUT2D eigenvalue weighted by atomic mass is 14.9. The highest BCUT2D eigenvalue weighted by molar-refractivity contribution is 5.28. The average molecular weight is 224 g/mol. The molecule has 2 aromatic rings. The summed E-state index contributed by atoms with van der Waals surface area (Å²) in [7, 11) is 0. The van der Waals surface area contributed by atoms with Crippen molar-refractivity contribution in [2.24, 2.45) is 0 Å². The van der Waals surface area contributed by atoms with Gasteiger partial charge in [-0.25, -0.2) is 5.32 Å². The lowest BCUT2D eigenvalue weighted by Crippen LogP contribution is -2.11. The van der Waals surface area contributed by atoms with E-state index in [1.54, 1.807) is 0 Å². The van der Waals surface area contributed by atoms with Crippen molar-refractivity contribution in [2.45, 2.75) is 26.4 Å². The molecule has 2 aromatic carbocycles. The van der Waals surface area contributed by atoms with Crippen LogP contribution in [0.3, 0.4) is 0 Å². The normalized spacial score (nSPS) is 12.4. The van der Waals surface area contributed by atoms with E-state index in [9.17, 15) is 0 Å². The Morgan fingerprint density at radius 3 is 2.29 bits per heavy atom. The average Bonchev–Trinajstić information content (AvgIpc) is 2.38. The number of benzene rings is 2. The van der Waals surface area contributed by atoms with Gasteiger partial charge in [0.25, 0.3) is 0 Å². The Kier molecular flexibility index (Phi) is 3.94. The second-order valence-corrected chi connectivity index (χ2v) is 4.36. The summed E-state index contributed by atoms with van der Waals surface area (Å²) in [6, 6.07) is 19.1. The first kappa shape index (κ1) is 11.9. The van der Waals surface area contributed by atoms with Gasteiger partial charge in [-0.3, -0.25) is 0 Å². The molecule has 0 aliphatic heterocycles. The zero-order chi connectivity index (χ0) is 12.1. The van der Waals surface area contributed by atoms with Gasteiger partial charge in [0.15, 0.2) is 0 Å². The molecule has 0 saturated heterocycles. The van der Waals surface area contributed by atoms with Gasteiger partial charge in [0.2, 0.25) is 0 Å². The number of rotatable bonds is 4. The standard InChI is InChI=1S/C16H18N/c1-13-8-6-7-11-16(13)14(2)17-12-15-9-4-3-5-10-15/h3-11,14H,12H2,1-2H3. The number of hydrogen-bond donors (Lipinski definition) is 0. The van der Waals surface area contributed by atoms with Crippen LogP contribution in [0, 0.1) is 6.92 Å². The molecule has 1 radical (unpaired) electrons. The van der Waals surface area contributed by atoms with Crippen LogP contribution in [0.2, 0.25) is 0 Å². The van der Waals surface area contributed by atoms with Gasteiger partial charge in [-0.2, -0.15) is 0 Å². The summed E-state index contributed by atoms with van der Waals surface area (Å²) in [4.78, 5) is 0. The molecule has 0 spiro atoms. The summed E-state index contributed by atoms with van der Waals surface area (Å²) in [5, 5.41) is 4.73. The van der Waals surface area contributed by atoms with Crippen molar-refractivity contribution in [3.63, 3.8) is 0 Å². The fourth-order valence-corrected chi connectivity index (χ4v) is 1.98. The lowest BCUT2D eigenvalue weighted by molar-refractivity contribution is 0.558. The predicted molar refractivity (Wildman–Crippen MR) is 71.9 cm³/mol. The molecule has 17 heavy (non-hydrogen) atoms. The molecule has 0 amide bonds. The van der Waals surface area contributed by atoms with E-state index in [1.165, 1.54) is 16.7 Å². The summed E-state index contributed by atoms with van der Waals surface area (Å²) in [5.41, 5.74) is 3.91. The molecular weight excluding hydrogens is 206 g/mol. The quantitative estimate of drug-likeness (QED) is 0.748. The maximum Gasteiger partial charge on any atom is 0.0473 e. The van der Waals surface area contributed by atoms with Crippen LogP contribution in [0.5, 0.6) is 0 Å². The molecule has 87 valence electrons. The maximum atomic E-state index is 4.73. The summed E-state index contributed by atoms with van der Waals surface area (Å²) in [6.07, 6.45) is 0. The van der Waals surface area contributed by atoms with Crippen molar-refractivity contribution in [1.29, 1.82) is 0 Å². The molecule has 0 aliphatic carbocycles. The first-order valence-electron chi connectivity index (χ1n) is 6.03. The van der Waals surface area contributed by atoms with Gasteiger partial charge < -0.3 is 0 Å². The summed E-state index contributed by atoms with van der Waals surface area (Å²) >= 11 is 0. The smallest absolute Gasteiger partial charge is 0.0473 e. The molecular formula is C16H18N. The molecule has 0 bridgehead atoms. The van der Waals surface area contributed by atoms with Crippen molar-refractivity contribution >= 4 is 0 Å². The first-order valence-corrected chi connectivity index (χ1v) is 6.03. The molecule has 1 unspecified atom stereocenters. The third-order valence-electron chi connectivity index (χ3n) is 3.03. The second kappa shape index (κ2) is 5.65. The minimum absolute atomic E-state index is 0.261. The fraction of sp³-hybridized carbons (Fsp3) is 0.250. The molecule has 1 atom stereocenters. The van der Waals surface area contributed by atoms with Gasteiger partial charge >= 0.3 is 0 Å². The molecule has 2 rings (SSSR count). The Hall–Kier alpha value is -1.60. The second-order valence-electron chi connectivity index (χ2n) is 4.36. The molecule has 1 heteroatoms. The molecule has 0 heterocycles. The Balaban J connectivity index is 1.99. The summed E-state index contributed by atoms with van der Waals surface area (Å²) in [6.45, 7) is 5.09. The van der Waals surface area contributed by atoms with E-state index in [0.717, 1.165) is 6.54 Å². The third kappa shape index (κ3) is 3.18. The molecule has 0 fully saturated rings. The van der Waals surface area contributed by atoms with Crippen molar-refractivity contribution in [3.8, 4) is 0 Å². The lowest BCUT2D eigenvalue weighted by Gasteiger charge is -2.14. The largest absolute Gasteiger partial charge is 0.229 e. The third-order valence-corrected chi connectivity index (χ3v) is 3.03. The van der Waals surface area contributed by atoms with Crippen LogP contribution in [-0.2, 0) is 6.54 Å². The SMILES string of the molecule is Cc1ccccc1C(C)[N]Cc1ccccc1. The van der Waals surface area contributed by atoms with E-state index in [-0.39, 0.29) is 6.04 Å². The molecule has 0 N–H and O–H groups in total. The Morgan fingerprint density at radius 2 is 1.59 bits per heavy atom. The van der Waals surface area contributed by atoms with E-state index in [0.29, 0.717) is 0 Å². The first-order chi connectivity index (χ1) is 8.27. The van der Waals surface area contributed by atoms with Crippen LogP contribution in [0.15, 0.2) is 54.6 Å². The van der Waals surface area contributed by atoms with E-state index in [2.05, 4.69) is 62.4 Å². The summed E-state index contributed by atoms with van der Waals surface area (Å²) in [5.74, 6) is 0. The van der Waals surface area contributed by atoms with E-state index in [4.69, 9.17) is 5.32 Å². The van der Waals surface area contributed by atoms with Gasteiger partial charge in [-0.1, -0.05) is 54.6 Å². The molecule has 1 nitrogen and oxygen atoms in total. The van der Waals surface area contributed by atoms with Crippen molar-refractivity contribution in [1.82, 2.24) is 5.32 Å². The van der Waals surface area contributed by atoms with Crippen molar-refractivity contribution < 1.29 is 0 Å². The monoisotopic (exact) mass is 224 g/mol. The molecule has 0 saturated carbocycles. The lowest BCUT2D eigenvalue weighted by atomic mass is 10.0. The van der Waals surface area contributed by atoms with Gasteiger partial charge in [0, 0.05) is 12.6 Å². The van der Waals surface area contributed by atoms with Crippen LogP contribution in [-0.4, -0.2) is 0 Å². The zero-order valence-corrected chi connectivity index (χ0v) is 10.4. The van der Waals surface area contributed by atoms with Gasteiger partial charge in [0.1, 0.15) is 0 Å². The van der Waals surface area contributed by atoms with Gasteiger partial charge in [-0.15, -0.1) is 0 Å². The zero-order valence-electron chi connectivity index (χ0n) is 10.4. The van der Waals surface area contributed by atoms with Crippen LogP contribution in [0.4, 0.5) is 0 Å². The van der Waals surface area contributed by atoms with Crippen LogP contribution < -0.4 is 5.32 Å². The Labute approximate surface area is 103 Å². The minimum atomic E-state index is 0.261. The maximum absolute atomic E-state index is 4.73. The number of hydrogen-bond acceptors (Lipinski definition) is 0. The highest BCUT2D eigenvalue weighted by Crippen LogP contribution is 2.18. The molecule has 0 aliphatic rings. The minimum Gasteiger partial charge on any atom is -0.229 e. The molecule has 0 aromatic heterocycles. The van der Waals surface area contributed by atoms with Gasteiger partial charge in [0.05, 0.1) is 0 Å². The van der Waals surface area contributed by atoms with E-state index >= 15 is 0 Å². The Bertz CT molecular complexity index is 462. The topological polar surface area (TPSA) is 14.1 Å². The number of aryl methyl sites for hydroxylation is 1. The highest BCUT2D eigenvalue weighted by Gasteiger charge is 2.07. The van der Waals surface area contributed by atoms with Gasteiger partial charge in [-0.05, 0) is 30.5 Å². The van der Waals surface area contributed by atoms with Crippen LogP contribution in [0.25, 0.3) is 0 Å². The van der Waals surface area contributed by atoms with Crippen molar-refractivity contribution in [3.05, 3.63) is 71.3 Å². The van der Waals surface area contributed by atoms with E-state index in [1.807, 2.05) is 6.07 Å². The number of nitrogens with zero attached hydrogens (tertiary/aromatic N) is 1. The Morgan fingerprint density at radius 1 is 0.941 bits per heavy atom. The van der Waals surface area contributed by atoms with E-state index < -0.39 is 0 Å². The predicted octanol–water partition coefficient (Wildman–Crippen LogP) is 3.86. The van der Waals surface area contributed by atoms with Crippen LogP contribution in [0.1, 0.15) is 29.7 Å². The van der Waals surface area contributed by atoms with Crippen molar-refractivity contribution in [2.75, 3.05) is 0 Å². The van der Waals surface area contributed by atoms with Crippen LogP contribution >= 0.6 is 0 Å². The fourth-order valence-electron chi connectivity index (χ4n) is 1.98. The summed E-state index contributed by atoms with van der Waals surface area (Å²) < 4.78 is 0.